The number of nitrogens with one attached hydrogen (secondary N) is 2. The summed E-state index contributed by atoms with van der Waals surface area (Å²) in [6.45, 7) is 0.849. The molecule has 6 nitrogen and oxygen atoms in total. The third kappa shape index (κ3) is 5.79. The summed E-state index contributed by atoms with van der Waals surface area (Å²) >= 11 is 0. The second kappa shape index (κ2) is 10.8. The van der Waals surface area contributed by atoms with Crippen molar-refractivity contribution in [2.45, 2.75) is 37.8 Å². The van der Waals surface area contributed by atoms with Gasteiger partial charge in [0.15, 0.2) is 0 Å². The number of aliphatic imine (C=N–C) groups is 1. The molecule has 1 fully saturated rings. The monoisotopic (exact) mass is 490 g/mol. The Morgan fingerprint density at radius 3 is 2.49 bits per heavy atom. The third-order valence-corrected chi connectivity index (χ3v) is 6.67. The first-order valence-electron chi connectivity index (χ1n) is 12.6. The zero-order valence-electron chi connectivity index (χ0n) is 21.1. The van der Waals surface area contributed by atoms with Crippen molar-refractivity contribution in [1.29, 1.82) is 0 Å². The number of carbonyl (C=O) groups excluding carboxylic acids is 2. The van der Waals surface area contributed by atoms with Gasteiger partial charge in [-0.1, -0.05) is 54.5 Å². The van der Waals surface area contributed by atoms with Crippen LogP contribution in [0, 0.1) is 11.8 Å². The van der Waals surface area contributed by atoms with Crippen LogP contribution in [0.25, 0.3) is 0 Å². The van der Waals surface area contributed by atoms with Gasteiger partial charge in [-0.25, -0.2) is 0 Å². The molecule has 2 aliphatic rings. The molecule has 0 spiro atoms. The Hall–Kier alpha value is -4.21. The first-order chi connectivity index (χ1) is 18.0. The van der Waals surface area contributed by atoms with E-state index in [9.17, 15) is 9.59 Å². The molecule has 1 aliphatic carbocycles. The first kappa shape index (κ1) is 24.5. The highest BCUT2D eigenvalue weighted by atomic mass is 16.2. The number of amides is 2. The summed E-state index contributed by atoms with van der Waals surface area (Å²) in [6, 6.07) is 23.8. The molecule has 1 unspecified atom stereocenters. The van der Waals surface area contributed by atoms with E-state index in [2.05, 4.69) is 39.5 Å². The molecule has 0 aromatic heterocycles. The lowest BCUT2D eigenvalue weighted by molar-refractivity contribution is -0.117. The molecule has 1 atom stereocenters. The maximum atomic E-state index is 13.3. The van der Waals surface area contributed by atoms with E-state index in [0.29, 0.717) is 17.0 Å². The van der Waals surface area contributed by atoms with Gasteiger partial charge in [0.2, 0.25) is 5.91 Å². The van der Waals surface area contributed by atoms with Crippen LogP contribution in [0.5, 0.6) is 0 Å². The zero-order chi connectivity index (χ0) is 25.8. The van der Waals surface area contributed by atoms with Crippen molar-refractivity contribution >= 4 is 28.9 Å². The molecule has 2 amide bonds. The van der Waals surface area contributed by atoms with E-state index in [0.717, 1.165) is 42.6 Å². The summed E-state index contributed by atoms with van der Waals surface area (Å²) in [5, 5.41) is 5.92. The molecule has 6 heteroatoms. The zero-order valence-corrected chi connectivity index (χ0v) is 21.1. The van der Waals surface area contributed by atoms with E-state index in [1.807, 2.05) is 74.8 Å². The Labute approximate surface area is 217 Å². The van der Waals surface area contributed by atoms with Crippen molar-refractivity contribution in [1.82, 2.24) is 10.2 Å². The Morgan fingerprint density at radius 2 is 1.81 bits per heavy atom. The first-order valence-corrected chi connectivity index (χ1v) is 12.6. The molecule has 0 radical (unpaired) electrons. The van der Waals surface area contributed by atoms with Gasteiger partial charge < -0.3 is 15.5 Å². The SMILES string of the molecule is CN(C)Cc1ccc(N=C(c2ccccc2)C2C(=O)Nc3cc(C#CC(=O)NC4CCC4)ccc32)cc1. The number of carbonyl (C=O) groups is 2. The number of hydrogen-bond donors (Lipinski definition) is 2. The normalized spacial score (nSPS) is 16.9. The van der Waals surface area contributed by atoms with E-state index in [1.54, 1.807) is 0 Å². The van der Waals surface area contributed by atoms with E-state index in [-0.39, 0.29) is 17.9 Å². The van der Waals surface area contributed by atoms with Crippen molar-refractivity contribution in [2.24, 2.45) is 4.99 Å². The predicted molar refractivity (Wildman–Crippen MR) is 147 cm³/mol. The van der Waals surface area contributed by atoms with Crippen molar-refractivity contribution in [3.63, 3.8) is 0 Å². The minimum atomic E-state index is -0.553. The fraction of sp³-hybridized carbons (Fsp3) is 0.258. The van der Waals surface area contributed by atoms with Crippen LogP contribution >= 0.6 is 0 Å². The molecule has 1 heterocycles. The highest BCUT2D eigenvalue weighted by Crippen LogP contribution is 2.37. The van der Waals surface area contributed by atoms with E-state index < -0.39 is 5.92 Å². The van der Waals surface area contributed by atoms with Crippen LogP contribution in [0.2, 0.25) is 0 Å². The van der Waals surface area contributed by atoms with Gasteiger partial charge in [-0.3, -0.25) is 14.6 Å². The molecule has 1 aliphatic heterocycles. The predicted octanol–water partition coefficient (Wildman–Crippen LogP) is 4.63. The van der Waals surface area contributed by atoms with Crippen molar-refractivity contribution in [3.05, 3.63) is 95.1 Å². The van der Waals surface area contributed by atoms with Gasteiger partial charge >= 0.3 is 0 Å². The average Bonchev–Trinajstić information content (AvgIpc) is 3.19. The van der Waals surface area contributed by atoms with Gasteiger partial charge in [-0.2, -0.15) is 0 Å². The van der Waals surface area contributed by atoms with Gasteiger partial charge in [0, 0.05) is 29.8 Å². The fourth-order valence-electron chi connectivity index (χ4n) is 4.60. The number of nitrogens with zero attached hydrogens (tertiary/aromatic N) is 2. The van der Waals surface area contributed by atoms with Crippen LogP contribution in [0.4, 0.5) is 11.4 Å². The second-order valence-electron chi connectivity index (χ2n) is 9.84. The number of hydrogen-bond acceptors (Lipinski definition) is 4. The maximum absolute atomic E-state index is 13.3. The molecular weight excluding hydrogens is 460 g/mol. The van der Waals surface area contributed by atoms with Gasteiger partial charge in [-0.15, -0.1) is 0 Å². The van der Waals surface area contributed by atoms with Crippen LogP contribution in [-0.4, -0.2) is 42.6 Å². The fourth-order valence-corrected chi connectivity index (χ4v) is 4.60. The third-order valence-electron chi connectivity index (χ3n) is 6.67. The summed E-state index contributed by atoms with van der Waals surface area (Å²) in [5.41, 5.74) is 5.80. The lowest BCUT2D eigenvalue weighted by atomic mass is 9.90. The minimum Gasteiger partial charge on any atom is -0.343 e. The summed E-state index contributed by atoms with van der Waals surface area (Å²) in [6.07, 6.45) is 3.19. The number of rotatable bonds is 6. The molecule has 1 saturated carbocycles. The van der Waals surface area contributed by atoms with Crippen LogP contribution in [0.15, 0.2) is 77.8 Å². The Kier molecular flexibility index (Phi) is 7.16. The van der Waals surface area contributed by atoms with Gasteiger partial charge in [-0.05, 0) is 74.3 Å². The number of anilines is 1. The summed E-state index contributed by atoms with van der Waals surface area (Å²) in [4.78, 5) is 32.4. The number of benzene rings is 3. The van der Waals surface area contributed by atoms with Crippen LogP contribution < -0.4 is 10.6 Å². The molecule has 2 N–H and O–H groups in total. The molecule has 5 rings (SSSR count). The van der Waals surface area contributed by atoms with Crippen LogP contribution in [0.1, 0.15) is 47.4 Å². The smallest absolute Gasteiger partial charge is 0.296 e. The summed E-state index contributed by atoms with van der Waals surface area (Å²) < 4.78 is 0. The standard InChI is InChI=1S/C31H30N4O2/c1-35(2)20-22-11-15-25(16-12-22)33-30(23-7-4-3-5-8-23)29-26-17-13-21(19-27(26)34-31(29)37)14-18-28(36)32-24-9-6-10-24/h3-5,7-8,11-13,15-17,19,24,29H,6,9-10,20H2,1-2H3,(H,32,36)(H,34,37). The van der Waals surface area contributed by atoms with Gasteiger partial charge in [0.1, 0.15) is 5.92 Å². The minimum absolute atomic E-state index is 0.130. The molecular formula is C31H30N4O2. The molecule has 186 valence electrons. The van der Waals surface area contributed by atoms with Crippen molar-refractivity contribution < 1.29 is 9.59 Å². The summed E-state index contributed by atoms with van der Waals surface area (Å²) in [5.74, 6) is 4.65. The van der Waals surface area contributed by atoms with Crippen molar-refractivity contribution in [3.8, 4) is 11.8 Å². The second-order valence-corrected chi connectivity index (χ2v) is 9.84. The number of fused-ring (bicyclic) bond motifs is 1. The van der Waals surface area contributed by atoms with E-state index >= 15 is 0 Å². The average molecular weight is 491 g/mol. The lowest BCUT2D eigenvalue weighted by Gasteiger charge is -2.25. The highest BCUT2D eigenvalue weighted by molar-refractivity contribution is 6.24. The van der Waals surface area contributed by atoms with Crippen LogP contribution in [-0.2, 0) is 16.1 Å². The molecule has 0 bridgehead atoms. The van der Waals surface area contributed by atoms with Crippen LogP contribution in [0.3, 0.4) is 0 Å². The lowest BCUT2D eigenvalue weighted by Crippen LogP contribution is -2.38. The Morgan fingerprint density at radius 1 is 1.05 bits per heavy atom. The largest absolute Gasteiger partial charge is 0.343 e. The van der Waals surface area contributed by atoms with E-state index in [1.165, 1.54) is 5.56 Å². The molecule has 0 saturated heterocycles. The Bertz CT molecular complexity index is 1390. The molecule has 3 aromatic carbocycles. The molecule has 37 heavy (non-hydrogen) atoms. The quantitative estimate of drug-likeness (QED) is 0.391. The van der Waals surface area contributed by atoms with Crippen molar-refractivity contribution in [2.75, 3.05) is 19.4 Å². The summed E-state index contributed by atoms with van der Waals surface area (Å²) in [7, 11) is 4.08. The van der Waals surface area contributed by atoms with Gasteiger partial charge in [0.25, 0.3) is 5.91 Å². The highest BCUT2D eigenvalue weighted by Gasteiger charge is 2.35. The molecule has 3 aromatic rings. The van der Waals surface area contributed by atoms with E-state index in [4.69, 9.17) is 4.99 Å². The maximum Gasteiger partial charge on any atom is 0.296 e. The Balaban J connectivity index is 1.44. The topological polar surface area (TPSA) is 73.8 Å². The van der Waals surface area contributed by atoms with Gasteiger partial charge in [0.05, 0.1) is 11.4 Å².